The Balaban J connectivity index is 2.07. The summed E-state index contributed by atoms with van der Waals surface area (Å²) < 4.78 is 26.7. The topological polar surface area (TPSA) is 108 Å². The number of sulfonamides is 1. The van der Waals surface area contributed by atoms with E-state index in [1.807, 2.05) is 0 Å². The number of hydrogen-bond donors (Lipinski definition) is 2. The number of aromatic carboxylic acids is 1. The zero-order chi connectivity index (χ0) is 17.3. The zero-order valence-electron chi connectivity index (χ0n) is 12.7. The molecule has 0 unspecified atom stereocenters. The van der Waals surface area contributed by atoms with E-state index >= 15 is 0 Å². The monoisotopic (exact) mass is 348 g/mol. The maximum Gasteiger partial charge on any atom is 0.337 e. The van der Waals surface area contributed by atoms with E-state index in [4.69, 9.17) is 5.11 Å². The number of H-pyrrole nitrogens is 1. The number of aromatic amines is 1. The number of nitrogens with one attached hydrogen (secondary N) is 1. The van der Waals surface area contributed by atoms with Crippen LogP contribution < -0.4 is 5.56 Å². The highest BCUT2D eigenvalue weighted by Gasteiger charge is 2.27. The van der Waals surface area contributed by atoms with Crippen molar-refractivity contribution in [2.45, 2.75) is 17.7 Å². The number of benzene rings is 1. The van der Waals surface area contributed by atoms with Gasteiger partial charge in [-0.25, -0.2) is 13.2 Å². The zero-order valence-corrected chi connectivity index (χ0v) is 13.5. The standard InChI is InChI=1S/C16H16N2O5S/c19-15-14(9-12(10-17-15)16(20)21)11-4-3-5-13(8-11)24(22,23)18-6-1-2-7-18/h3-5,8-10H,1-2,6-7H2,(H,17,19)(H,20,21). The SMILES string of the molecule is O=C(O)c1c[nH]c(=O)c(-c2cccc(S(=O)(=O)N3CCCC3)c2)c1. The maximum atomic E-state index is 12.6. The van der Waals surface area contributed by atoms with Crippen LogP contribution in [0.4, 0.5) is 0 Å². The molecular weight excluding hydrogens is 332 g/mol. The summed E-state index contributed by atoms with van der Waals surface area (Å²) in [5.41, 5.74) is -0.0684. The Bertz CT molecular complexity index is 943. The van der Waals surface area contributed by atoms with Gasteiger partial charge < -0.3 is 10.1 Å². The van der Waals surface area contributed by atoms with Gasteiger partial charge in [-0.2, -0.15) is 4.31 Å². The lowest BCUT2D eigenvalue weighted by atomic mass is 10.1. The molecule has 2 heterocycles. The molecule has 0 aliphatic carbocycles. The molecule has 0 amide bonds. The van der Waals surface area contributed by atoms with Crippen LogP contribution in [0.15, 0.2) is 46.2 Å². The molecule has 8 heteroatoms. The molecule has 1 aromatic heterocycles. The van der Waals surface area contributed by atoms with Gasteiger partial charge in [-0.3, -0.25) is 4.79 Å². The third kappa shape index (κ3) is 2.98. The van der Waals surface area contributed by atoms with Crippen molar-refractivity contribution >= 4 is 16.0 Å². The first kappa shape index (κ1) is 16.4. The fourth-order valence-electron chi connectivity index (χ4n) is 2.72. The third-order valence-electron chi connectivity index (χ3n) is 4.00. The van der Waals surface area contributed by atoms with Gasteiger partial charge in [0.25, 0.3) is 5.56 Å². The van der Waals surface area contributed by atoms with E-state index < -0.39 is 21.6 Å². The van der Waals surface area contributed by atoms with E-state index in [2.05, 4.69) is 4.98 Å². The van der Waals surface area contributed by atoms with Crippen LogP contribution in [-0.2, 0) is 10.0 Å². The molecule has 24 heavy (non-hydrogen) atoms. The molecule has 1 aliphatic heterocycles. The number of rotatable bonds is 4. The summed E-state index contributed by atoms with van der Waals surface area (Å²) >= 11 is 0. The molecule has 0 radical (unpaired) electrons. The average molecular weight is 348 g/mol. The van der Waals surface area contributed by atoms with Crippen LogP contribution >= 0.6 is 0 Å². The number of carbonyl (C=O) groups is 1. The lowest BCUT2D eigenvalue weighted by Gasteiger charge is -2.16. The molecule has 0 atom stereocenters. The molecule has 1 fully saturated rings. The van der Waals surface area contributed by atoms with Crippen LogP contribution in [0.3, 0.4) is 0 Å². The number of pyridine rings is 1. The van der Waals surface area contributed by atoms with E-state index in [0.717, 1.165) is 19.0 Å². The lowest BCUT2D eigenvalue weighted by Crippen LogP contribution is -2.27. The van der Waals surface area contributed by atoms with E-state index in [1.165, 1.54) is 22.5 Å². The molecule has 1 aromatic carbocycles. The Morgan fingerprint density at radius 1 is 1.17 bits per heavy atom. The van der Waals surface area contributed by atoms with Crippen LogP contribution in [0, 0.1) is 0 Å². The second-order valence-electron chi connectivity index (χ2n) is 5.58. The Hall–Kier alpha value is -2.45. The third-order valence-corrected chi connectivity index (χ3v) is 5.89. The van der Waals surface area contributed by atoms with Crippen LogP contribution in [0.2, 0.25) is 0 Å². The summed E-state index contributed by atoms with van der Waals surface area (Å²) in [6.45, 7) is 0.975. The summed E-state index contributed by atoms with van der Waals surface area (Å²) in [5, 5.41) is 9.05. The van der Waals surface area contributed by atoms with Gasteiger partial charge in [0.2, 0.25) is 10.0 Å². The largest absolute Gasteiger partial charge is 0.478 e. The molecule has 7 nitrogen and oxygen atoms in total. The first-order valence-corrected chi connectivity index (χ1v) is 8.90. The molecular formula is C16H16N2O5S. The maximum absolute atomic E-state index is 12.6. The highest BCUT2D eigenvalue weighted by Crippen LogP contribution is 2.25. The predicted octanol–water partition coefficient (Wildman–Crippen LogP) is 1.52. The van der Waals surface area contributed by atoms with Crippen molar-refractivity contribution in [3.63, 3.8) is 0 Å². The van der Waals surface area contributed by atoms with Crippen molar-refractivity contribution < 1.29 is 18.3 Å². The summed E-state index contributed by atoms with van der Waals surface area (Å²) in [7, 11) is -3.60. The molecule has 2 N–H and O–H groups in total. The van der Waals surface area contributed by atoms with E-state index in [-0.39, 0.29) is 16.0 Å². The van der Waals surface area contributed by atoms with Gasteiger partial charge in [0.15, 0.2) is 0 Å². The van der Waals surface area contributed by atoms with Crippen molar-refractivity contribution in [2.24, 2.45) is 0 Å². The Morgan fingerprint density at radius 3 is 2.54 bits per heavy atom. The quantitative estimate of drug-likeness (QED) is 0.871. The predicted molar refractivity (Wildman–Crippen MR) is 87.5 cm³/mol. The summed E-state index contributed by atoms with van der Waals surface area (Å²) in [5.74, 6) is -1.17. The fourth-order valence-corrected chi connectivity index (χ4v) is 4.29. The molecule has 1 saturated heterocycles. The van der Waals surface area contributed by atoms with Crippen molar-refractivity contribution in [3.8, 4) is 11.1 Å². The molecule has 0 spiro atoms. The molecule has 0 saturated carbocycles. The van der Waals surface area contributed by atoms with Crippen molar-refractivity contribution in [1.82, 2.24) is 9.29 Å². The Morgan fingerprint density at radius 2 is 1.88 bits per heavy atom. The molecule has 2 aromatic rings. The summed E-state index contributed by atoms with van der Waals surface area (Å²) in [6, 6.07) is 7.25. The molecule has 1 aliphatic rings. The normalized spacial score (nSPS) is 15.5. The van der Waals surface area contributed by atoms with Gasteiger partial charge in [0.1, 0.15) is 0 Å². The van der Waals surface area contributed by atoms with Gasteiger partial charge in [0, 0.05) is 24.8 Å². The van der Waals surface area contributed by atoms with Crippen molar-refractivity contribution in [1.29, 1.82) is 0 Å². The van der Waals surface area contributed by atoms with Crippen LogP contribution in [0.25, 0.3) is 11.1 Å². The van der Waals surface area contributed by atoms with Gasteiger partial charge in [-0.1, -0.05) is 12.1 Å². The number of carboxylic acid groups (broad SMARTS) is 1. The fraction of sp³-hybridized carbons (Fsp3) is 0.250. The highest BCUT2D eigenvalue weighted by atomic mass is 32.2. The van der Waals surface area contributed by atoms with E-state index in [1.54, 1.807) is 12.1 Å². The number of carboxylic acids is 1. The average Bonchev–Trinajstić information content (AvgIpc) is 3.10. The van der Waals surface area contributed by atoms with Crippen molar-refractivity contribution in [3.05, 3.63) is 52.4 Å². The molecule has 3 rings (SSSR count). The van der Waals surface area contributed by atoms with Crippen LogP contribution in [0.1, 0.15) is 23.2 Å². The minimum atomic E-state index is -3.60. The van der Waals surface area contributed by atoms with Gasteiger partial charge >= 0.3 is 5.97 Å². The second kappa shape index (κ2) is 6.21. The van der Waals surface area contributed by atoms with Gasteiger partial charge in [-0.05, 0) is 36.6 Å². The Labute approximate surface area is 138 Å². The lowest BCUT2D eigenvalue weighted by molar-refractivity contribution is 0.0696. The minimum Gasteiger partial charge on any atom is -0.478 e. The Kier molecular flexibility index (Phi) is 4.25. The highest BCUT2D eigenvalue weighted by molar-refractivity contribution is 7.89. The molecule has 126 valence electrons. The van der Waals surface area contributed by atoms with Crippen LogP contribution in [0.5, 0.6) is 0 Å². The van der Waals surface area contributed by atoms with Crippen molar-refractivity contribution in [2.75, 3.05) is 13.1 Å². The van der Waals surface area contributed by atoms with E-state index in [9.17, 15) is 18.0 Å². The van der Waals surface area contributed by atoms with Gasteiger partial charge in [-0.15, -0.1) is 0 Å². The second-order valence-corrected chi connectivity index (χ2v) is 7.51. The first-order valence-electron chi connectivity index (χ1n) is 7.46. The first-order chi connectivity index (χ1) is 11.4. The molecule has 0 bridgehead atoms. The number of nitrogens with zero attached hydrogens (tertiary/aromatic N) is 1. The number of hydrogen-bond acceptors (Lipinski definition) is 4. The van der Waals surface area contributed by atoms with E-state index in [0.29, 0.717) is 18.7 Å². The smallest absolute Gasteiger partial charge is 0.337 e. The number of aromatic nitrogens is 1. The van der Waals surface area contributed by atoms with Gasteiger partial charge in [0.05, 0.1) is 10.5 Å². The summed E-state index contributed by atoms with van der Waals surface area (Å²) in [4.78, 5) is 25.5. The summed E-state index contributed by atoms with van der Waals surface area (Å²) in [6.07, 6.45) is 2.78. The minimum absolute atomic E-state index is 0.0718. The van der Waals surface area contributed by atoms with Crippen LogP contribution in [-0.4, -0.2) is 41.9 Å².